The zero-order chi connectivity index (χ0) is 11.6. The Morgan fingerprint density at radius 2 is 2.38 bits per heavy atom. The molecule has 1 heterocycles. The molecule has 0 N–H and O–H groups in total. The second-order valence-electron chi connectivity index (χ2n) is 3.97. The third-order valence-electron chi connectivity index (χ3n) is 2.79. The number of hydrogen-bond acceptors (Lipinski definition) is 2. The maximum Gasteiger partial charge on any atom is 0.123 e. The van der Waals surface area contributed by atoms with Gasteiger partial charge in [0, 0.05) is 11.4 Å². The van der Waals surface area contributed by atoms with Crippen LogP contribution in [0, 0.1) is 17.1 Å². The van der Waals surface area contributed by atoms with Crippen molar-refractivity contribution in [1.82, 2.24) is 0 Å². The summed E-state index contributed by atoms with van der Waals surface area (Å²) in [6.45, 7) is 0. The van der Waals surface area contributed by atoms with Crippen LogP contribution in [0.4, 0.5) is 4.39 Å². The smallest absolute Gasteiger partial charge is 0.123 e. The van der Waals surface area contributed by atoms with E-state index >= 15 is 0 Å². The van der Waals surface area contributed by atoms with Gasteiger partial charge in [-0.1, -0.05) is 11.6 Å². The Kier molecular flexibility index (Phi) is 3.41. The Morgan fingerprint density at radius 1 is 1.56 bits per heavy atom. The van der Waals surface area contributed by atoms with Crippen molar-refractivity contribution < 1.29 is 4.39 Å². The second kappa shape index (κ2) is 4.65. The van der Waals surface area contributed by atoms with Crippen LogP contribution in [0.5, 0.6) is 0 Å². The summed E-state index contributed by atoms with van der Waals surface area (Å²) in [7, 11) is 0. The summed E-state index contributed by atoms with van der Waals surface area (Å²) in [5.41, 5.74) is 0.734. The van der Waals surface area contributed by atoms with E-state index in [1.54, 1.807) is 17.8 Å². The maximum atomic E-state index is 13.1. The lowest BCUT2D eigenvalue weighted by atomic mass is 9.95. The minimum absolute atomic E-state index is 0.296. The number of nitriles is 1. The van der Waals surface area contributed by atoms with Gasteiger partial charge in [-0.05, 0) is 42.4 Å². The quantitative estimate of drug-likeness (QED) is 0.802. The topological polar surface area (TPSA) is 23.8 Å². The molecule has 0 aliphatic carbocycles. The minimum atomic E-state index is -0.405. The lowest BCUT2D eigenvalue weighted by Gasteiger charge is -2.19. The molecule has 1 aliphatic rings. The third kappa shape index (κ3) is 2.34. The summed E-state index contributed by atoms with van der Waals surface area (Å²) in [6.07, 6.45) is 2.44. The van der Waals surface area contributed by atoms with Gasteiger partial charge < -0.3 is 0 Å². The van der Waals surface area contributed by atoms with Crippen LogP contribution in [0.3, 0.4) is 0 Å². The first-order valence-electron chi connectivity index (χ1n) is 5.14. The highest BCUT2D eigenvalue weighted by atomic mass is 35.5. The number of halogens is 2. The standard InChI is InChI=1S/C12H11ClFNS/c13-11-3-2-10(14)6-9(11)7-12(8-15)4-1-5-16-12/h2-3,6H,1,4-5,7H2. The molecule has 0 amide bonds. The van der Waals surface area contributed by atoms with Crippen LogP contribution in [0.1, 0.15) is 18.4 Å². The van der Waals surface area contributed by atoms with Gasteiger partial charge in [0.15, 0.2) is 0 Å². The molecule has 1 nitrogen and oxygen atoms in total. The monoisotopic (exact) mass is 255 g/mol. The number of nitrogens with zero attached hydrogens (tertiary/aromatic N) is 1. The normalized spacial score (nSPS) is 24.3. The molecule has 1 unspecified atom stereocenters. The molecule has 4 heteroatoms. The first-order valence-corrected chi connectivity index (χ1v) is 6.51. The van der Waals surface area contributed by atoms with Gasteiger partial charge in [0.05, 0.1) is 6.07 Å². The third-order valence-corrected chi connectivity index (χ3v) is 4.64. The zero-order valence-corrected chi connectivity index (χ0v) is 10.2. The Balaban J connectivity index is 2.26. The van der Waals surface area contributed by atoms with Crippen molar-refractivity contribution in [3.8, 4) is 6.07 Å². The van der Waals surface area contributed by atoms with E-state index in [-0.39, 0.29) is 5.82 Å². The van der Waals surface area contributed by atoms with E-state index < -0.39 is 4.75 Å². The van der Waals surface area contributed by atoms with Crippen molar-refractivity contribution in [3.05, 3.63) is 34.6 Å². The van der Waals surface area contributed by atoms with Crippen molar-refractivity contribution in [3.63, 3.8) is 0 Å². The van der Waals surface area contributed by atoms with E-state index in [1.165, 1.54) is 12.1 Å². The summed E-state index contributed by atoms with van der Waals surface area (Å²) in [6, 6.07) is 6.68. The molecule has 0 spiro atoms. The molecule has 1 saturated heterocycles. The van der Waals surface area contributed by atoms with E-state index in [2.05, 4.69) is 6.07 Å². The Bertz CT molecular complexity index is 435. The van der Waals surface area contributed by atoms with Gasteiger partial charge in [-0.25, -0.2) is 4.39 Å². The van der Waals surface area contributed by atoms with Gasteiger partial charge in [0.2, 0.25) is 0 Å². The number of thioether (sulfide) groups is 1. The maximum absolute atomic E-state index is 13.1. The largest absolute Gasteiger partial charge is 0.207 e. The molecule has 16 heavy (non-hydrogen) atoms. The molecule has 0 bridgehead atoms. The lowest BCUT2D eigenvalue weighted by Crippen LogP contribution is -2.21. The number of benzene rings is 1. The van der Waals surface area contributed by atoms with Crippen molar-refractivity contribution in [2.75, 3.05) is 5.75 Å². The van der Waals surface area contributed by atoms with E-state index in [0.717, 1.165) is 24.2 Å². The zero-order valence-electron chi connectivity index (χ0n) is 8.67. The fourth-order valence-electron chi connectivity index (χ4n) is 1.95. The molecule has 1 aromatic carbocycles. The molecule has 0 radical (unpaired) electrons. The van der Waals surface area contributed by atoms with Gasteiger partial charge in [-0.3, -0.25) is 0 Å². The van der Waals surface area contributed by atoms with Crippen molar-refractivity contribution in [1.29, 1.82) is 5.26 Å². The van der Waals surface area contributed by atoms with Crippen molar-refractivity contribution >= 4 is 23.4 Å². The summed E-state index contributed by atoms with van der Waals surface area (Å²) < 4.78 is 12.7. The summed E-state index contributed by atoms with van der Waals surface area (Å²) >= 11 is 7.67. The predicted molar refractivity (Wildman–Crippen MR) is 65.2 cm³/mol. The van der Waals surface area contributed by atoms with Crippen LogP contribution < -0.4 is 0 Å². The van der Waals surface area contributed by atoms with Gasteiger partial charge >= 0.3 is 0 Å². The Labute approximate surface area is 104 Å². The molecule has 2 rings (SSSR count). The average molecular weight is 256 g/mol. The summed E-state index contributed by atoms with van der Waals surface area (Å²) in [5, 5.41) is 9.78. The van der Waals surface area contributed by atoms with Gasteiger partial charge in [-0.15, -0.1) is 11.8 Å². The fourth-order valence-corrected chi connectivity index (χ4v) is 3.43. The minimum Gasteiger partial charge on any atom is -0.207 e. The lowest BCUT2D eigenvalue weighted by molar-refractivity contribution is 0.619. The molecular weight excluding hydrogens is 245 g/mol. The van der Waals surface area contributed by atoms with Crippen LogP contribution in [0.15, 0.2) is 18.2 Å². The van der Waals surface area contributed by atoms with E-state index in [1.807, 2.05) is 0 Å². The molecule has 84 valence electrons. The average Bonchev–Trinajstić information content (AvgIpc) is 2.73. The van der Waals surface area contributed by atoms with Gasteiger partial charge in [0.1, 0.15) is 10.6 Å². The second-order valence-corrected chi connectivity index (χ2v) is 5.86. The highest BCUT2D eigenvalue weighted by Gasteiger charge is 2.35. The van der Waals surface area contributed by atoms with E-state index in [4.69, 9.17) is 11.6 Å². The van der Waals surface area contributed by atoms with Gasteiger partial charge in [0.25, 0.3) is 0 Å². The van der Waals surface area contributed by atoms with Gasteiger partial charge in [-0.2, -0.15) is 5.26 Å². The predicted octanol–water partition coefficient (Wildman–Crippen LogP) is 3.81. The van der Waals surface area contributed by atoms with E-state index in [9.17, 15) is 9.65 Å². The van der Waals surface area contributed by atoms with Crippen molar-refractivity contribution in [2.24, 2.45) is 0 Å². The van der Waals surface area contributed by atoms with E-state index in [0.29, 0.717) is 11.4 Å². The van der Waals surface area contributed by atoms with Crippen LogP contribution in [0.2, 0.25) is 5.02 Å². The molecule has 0 aromatic heterocycles. The Hall–Kier alpha value is -0.720. The van der Waals surface area contributed by atoms with Crippen LogP contribution in [-0.4, -0.2) is 10.5 Å². The van der Waals surface area contributed by atoms with Crippen LogP contribution in [-0.2, 0) is 6.42 Å². The molecule has 0 saturated carbocycles. The number of hydrogen-bond donors (Lipinski definition) is 0. The molecule has 1 fully saturated rings. The summed E-state index contributed by atoms with van der Waals surface area (Å²) in [4.78, 5) is 0. The summed E-state index contributed by atoms with van der Waals surface area (Å²) in [5.74, 6) is 0.705. The molecule has 1 aliphatic heterocycles. The SMILES string of the molecule is N#CC1(Cc2cc(F)ccc2Cl)CCCS1. The number of rotatable bonds is 2. The highest BCUT2D eigenvalue weighted by molar-refractivity contribution is 8.01. The Morgan fingerprint density at radius 3 is 3.00 bits per heavy atom. The fraction of sp³-hybridized carbons (Fsp3) is 0.417. The first kappa shape index (κ1) is 11.8. The van der Waals surface area contributed by atoms with Crippen LogP contribution >= 0.6 is 23.4 Å². The van der Waals surface area contributed by atoms with Crippen molar-refractivity contribution in [2.45, 2.75) is 24.0 Å². The molecule has 1 atom stereocenters. The van der Waals surface area contributed by atoms with Crippen LogP contribution in [0.25, 0.3) is 0 Å². The molecule has 1 aromatic rings. The highest BCUT2D eigenvalue weighted by Crippen LogP contribution is 2.41. The molecular formula is C12H11ClFNS. The first-order chi connectivity index (χ1) is 7.65.